The third-order valence-corrected chi connectivity index (χ3v) is 4.28. The molecule has 3 aromatic rings. The first-order valence-electron chi connectivity index (χ1n) is 8.67. The minimum absolute atomic E-state index is 0.187. The summed E-state index contributed by atoms with van der Waals surface area (Å²) in [5, 5.41) is 0. The van der Waals surface area contributed by atoms with Crippen molar-refractivity contribution >= 4 is 13.3 Å². The van der Waals surface area contributed by atoms with E-state index in [4.69, 9.17) is 17.3 Å². The molecule has 0 spiro atoms. The van der Waals surface area contributed by atoms with Gasteiger partial charge in [0.05, 0.1) is 0 Å². The zero-order chi connectivity index (χ0) is 17.8. The molecule has 1 aliphatic heterocycles. The van der Waals surface area contributed by atoms with E-state index in [9.17, 15) is 0 Å². The molecule has 0 saturated carbocycles. The van der Waals surface area contributed by atoms with E-state index < -0.39 is 0 Å². The van der Waals surface area contributed by atoms with Gasteiger partial charge in [-0.2, -0.15) is 0 Å². The van der Waals surface area contributed by atoms with Crippen LogP contribution in [-0.4, -0.2) is 36.9 Å². The van der Waals surface area contributed by atoms with Crippen LogP contribution in [0.15, 0.2) is 72.9 Å². The molecule has 2 aromatic carbocycles. The molecule has 0 aliphatic carbocycles. The van der Waals surface area contributed by atoms with Gasteiger partial charge in [-0.15, -0.1) is 0 Å². The van der Waals surface area contributed by atoms with Crippen LogP contribution >= 0.6 is 0 Å². The normalized spacial score (nSPS) is 14.6. The van der Waals surface area contributed by atoms with Gasteiger partial charge in [0.15, 0.2) is 0 Å². The summed E-state index contributed by atoms with van der Waals surface area (Å²) in [5.41, 5.74) is 1.90. The first-order chi connectivity index (χ1) is 12.7. The fourth-order valence-electron chi connectivity index (χ4n) is 2.90. The SMILES string of the molecule is [B]c1ccc(OC2CN(Cc3ccc(Oc4ccccc4)cc3)C2)nc1. The Balaban J connectivity index is 1.25. The van der Waals surface area contributed by atoms with Crippen LogP contribution in [0.2, 0.25) is 0 Å². The van der Waals surface area contributed by atoms with Gasteiger partial charge in [-0.25, -0.2) is 4.98 Å². The van der Waals surface area contributed by atoms with Crippen LogP contribution in [0.1, 0.15) is 5.56 Å². The fraction of sp³-hybridized carbons (Fsp3) is 0.190. The monoisotopic (exact) mass is 342 g/mol. The average molecular weight is 342 g/mol. The topological polar surface area (TPSA) is 34.6 Å². The van der Waals surface area contributed by atoms with Gasteiger partial charge >= 0.3 is 0 Å². The minimum atomic E-state index is 0.187. The molecular formula is C21H19BN2O2. The van der Waals surface area contributed by atoms with Crippen LogP contribution in [0.4, 0.5) is 0 Å². The number of hydrogen-bond acceptors (Lipinski definition) is 4. The number of likely N-dealkylation sites (tertiary alicyclic amines) is 1. The van der Waals surface area contributed by atoms with E-state index in [0.29, 0.717) is 11.3 Å². The van der Waals surface area contributed by atoms with Crippen molar-refractivity contribution < 1.29 is 9.47 Å². The Kier molecular flexibility index (Phi) is 4.89. The Morgan fingerprint density at radius 3 is 2.35 bits per heavy atom. The van der Waals surface area contributed by atoms with Crippen molar-refractivity contribution in [2.75, 3.05) is 13.1 Å². The van der Waals surface area contributed by atoms with Crippen molar-refractivity contribution in [3.05, 3.63) is 78.5 Å². The molecule has 1 saturated heterocycles. The highest BCUT2D eigenvalue weighted by Crippen LogP contribution is 2.23. The van der Waals surface area contributed by atoms with E-state index in [1.807, 2.05) is 48.5 Å². The maximum Gasteiger partial charge on any atom is 0.213 e. The van der Waals surface area contributed by atoms with E-state index >= 15 is 0 Å². The van der Waals surface area contributed by atoms with Gasteiger partial charge in [0.2, 0.25) is 5.88 Å². The van der Waals surface area contributed by atoms with Crippen LogP contribution in [0.5, 0.6) is 17.4 Å². The van der Waals surface area contributed by atoms with Crippen LogP contribution in [-0.2, 0) is 6.54 Å². The maximum absolute atomic E-state index is 5.83. The van der Waals surface area contributed by atoms with Crippen LogP contribution < -0.4 is 14.9 Å². The predicted molar refractivity (Wildman–Crippen MR) is 102 cm³/mol. The number of ether oxygens (including phenoxy) is 2. The van der Waals surface area contributed by atoms with Crippen molar-refractivity contribution in [2.24, 2.45) is 0 Å². The number of rotatable bonds is 6. The molecule has 2 heterocycles. The molecule has 4 rings (SSSR count). The quantitative estimate of drug-likeness (QED) is 0.645. The zero-order valence-electron chi connectivity index (χ0n) is 14.4. The molecule has 0 atom stereocenters. The number of aromatic nitrogens is 1. The van der Waals surface area contributed by atoms with Gasteiger partial charge in [-0.05, 0) is 35.9 Å². The molecule has 4 nitrogen and oxygen atoms in total. The van der Waals surface area contributed by atoms with Crippen molar-refractivity contribution in [2.45, 2.75) is 12.6 Å². The highest BCUT2D eigenvalue weighted by molar-refractivity contribution is 6.32. The standard InChI is InChI=1S/C21H19BN2O2/c22-17-8-11-21(23-12-17)26-20-14-24(15-20)13-16-6-9-19(10-7-16)25-18-4-2-1-3-5-18/h1-12,20H,13-15H2. The number of para-hydroxylation sites is 1. The molecule has 1 fully saturated rings. The third-order valence-electron chi connectivity index (χ3n) is 4.28. The summed E-state index contributed by atoms with van der Waals surface area (Å²) in [6.07, 6.45) is 1.80. The predicted octanol–water partition coefficient (Wildman–Crippen LogP) is 2.93. The van der Waals surface area contributed by atoms with Crippen molar-refractivity contribution in [1.29, 1.82) is 0 Å². The summed E-state index contributed by atoms with van der Waals surface area (Å²) in [6, 6.07) is 21.6. The number of nitrogens with zero attached hydrogens (tertiary/aromatic N) is 2. The molecule has 1 aromatic heterocycles. The highest BCUT2D eigenvalue weighted by atomic mass is 16.5. The van der Waals surface area contributed by atoms with E-state index in [2.05, 4.69) is 22.0 Å². The molecule has 2 radical (unpaired) electrons. The third kappa shape index (κ3) is 4.24. The second kappa shape index (κ2) is 7.62. The molecule has 0 unspecified atom stereocenters. The first kappa shape index (κ1) is 16.7. The largest absolute Gasteiger partial charge is 0.472 e. The second-order valence-corrected chi connectivity index (χ2v) is 6.42. The molecule has 0 bridgehead atoms. The molecule has 128 valence electrons. The van der Waals surface area contributed by atoms with Gasteiger partial charge in [-0.1, -0.05) is 41.9 Å². The summed E-state index contributed by atoms with van der Waals surface area (Å²) < 4.78 is 11.7. The highest BCUT2D eigenvalue weighted by Gasteiger charge is 2.28. The number of hydrogen-bond donors (Lipinski definition) is 0. The van der Waals surface area contributed by atoms with E-state index in [-0.39, 0.29) is 6.10 Å². The summed E-state index contributed by atoms with van der Waals surface area (Å²) in [6.45, 7) is 2.70. The summed E-state index contributed by atoms with van der Waals surface area (Å²) in [7, 11) is 5.63. The van der Waals surface area contributed by atoms with Crippen molar-refractivity contribution in [3.8, 4) is 17.4 Å². The number of benzene rings is 2. The van der Waals surface area contributed by atoms with Crippen LogP contribution in [0.25, 0.3) is 0 Å². The van der Waals surface area contributed by atoms with Gasteiger partial charge in [0, 0.05) is 25.8 Å². The molecule has 0 amide bonds. The molecular weight excluding hydrogens is 323 g/mol. The van der Waals surface area contributed by atoms with Gasteiger partial charge in [0.1, 0.15) is 25.4 Å². The summed E-state index contributed by atoms with van der Waals surface area (Å²) in [4.78, 5) is 6.52. The summed E-state index contributed by atoms with van der Waals surface area (Å²) >= 11 is 0. The molecule has 5 heteroatoms. The Hall–Kier alpha value is -2.79. The Labute approximate surface area is 154 Å². The van der Waals surface area contributed by atoms with Gasteiger partial charge < -0.3 is 9.47 Å². The average Bonchev–Trinajstić information content (AvgIpc) is 2.64. The van der Waals surface area contributed by atoms with Crippen LogP contribution in [0.3, 0.4) is 0 Å². The molecule has 1 aliphatic rings. The van der Waals surface area contributed by atoms with Crippen LogP contribution in [0, 0.1) is 0 Å². The lowest BCUT2D eigenvalue weighted by molar-refractivity contribution is 0.0118. The Morgan fingerprint density at radius 1 is 0.923 bits per heavy atom. The smallest absolute Gasteiger partial charge is 0.213 e. The summed E-state index contributed by atoms with van der Waals surface area (Å²) in [5.74, 6) is 2.32. The minimum Gasteiger partial charge on any atom is -0.472 e. The Morgan fingerprint density at radius 2 is 1.65 bits per heavy atom. The van der Waals surface area contributed by atoms with Gasteiger partial charge in [0.25, 0.3) is 0 Å². The van der Waals surface area contributed by atoms with E-state index in [1.54, 1.807) is 12.3 Å². The van der Waals surface area contributed by atoms with Crippen molar-refractivity contribution in [1.82, 2.24) is 9.88 Å². The van der Waals surface area contributed by atoms with Crippen molar-refractivity contribution in [3.63, 3.8) is 0 Å². The fourth-order valence-corrected chi connectivity index (χ4v) is 2.90. The first-order valence-corrected chi connectivity index (χ1v) is 8.67. The lowest BCUT2D eigenvalue weighted by Crippen LogP contribution is -2.53. The Bertz CT molecular complexity index is 832. The number of pyridine rings is 1. The van der Waals surface area contributed by atoms with E-state index in [1.165, 1.54) is 5.56 Å². The molecule has 26 heavy (non-hydrogen) atoms. The van der Waals surface area contributed by atoms with Gasteiger partial charge in [-0.3, -0.25) is 4.90 Å². The lowest BCUT2D eigenvalue weighted by Gasteiger charge is -2.38. The second-order valence-electron chi connectivity index (χ2n) is 6.42. The van der Waals surface area contributed by atoms with E-state index in [0.717, 1.165) is 31.1 Å². The lowest BCUT2D eigenvalue weighted by atomic mass is 9.99. The molecule has 0 N–H and O–H groups in total. The zero-order valence-corrected chi connectivity index (χ0v) is 14.4. The maximum atomic E-state index is 5.83.